The molecule has 18 heavy (non-hydrogen) atoms. The summed E-state index contributed by atoms with van der Waals surface area (Å²) < 4.78 is 10.8. The Bertz CT molecular complexity index is 279. The minimum atomic E-state index is -0.156. The number of carbonyl (C=O) groups excluding carboxylic acids is 1. The first-order valence-electron chi connectivity index (χ1n) is 6.19. The summed E-state index contributed by atoms with van der Waals surface area (Å²) in [4.78, 5) is 13.1. The summed E-state index contributed by atoms with van der Waals surface area (Å²) in [6, 6.07) is 2.01. The van der Waals surface area contributed by atoms with Crippen LogP contribution in [0, 0.1) is 11.3 Å². The Hall–Kier alpha value is -1.12. The van der Waals surface area contributed by atoms with Crippen LogP contribution in [0.15, 0.2) is 0 Å². The topological polar surface area (TPSA) is 62.6 Å². The van der Waals surface area contributed by atoms with Gasteiger partial charge in [0.15, 0.2) is 0 Å². The number of hydrogen-bond donors (Lipinski definition) is 0. The second-order valence-corrected chi connectivity index (χ2v) is 5.05. The van der Waals surface area contributed by atoms with Gasteiger partial charge in [-0.15, -0.1) is 0 Å². The molecule has 0 aromatic rings. The van der Waals surface area contributed by atoms with E-state index in [2.05, 4.69) is 0 Å². The normalized spacial score (nSPS) is 11.1. The number of ether oxygens (including phenoxy) is 2. The molecule has 0 radical (unpaired) electrons. The molecule has 0 aromatic carbocycles. The molecule has 1 amide bonds. The van der Waals surface area contributed by atoms with Gasteiger partial charge in [0.1, 0.15) is 0 Å². The van der Waals surface area contributed by atoms with E-state index in [4.69, 9.17) is 14.7 Å². The van der Waals surface area contributed by atoms with Crippen LogP contribution in [0.3, 0.4) is 0 Å². The van der Waals surface area contributed by atoms with E-state index in [1.165, 1.54) is 0 Å². The van der Waals surface area contributed by atoms with Gasteiger partial charge < -0.3 is 14.4 Å². The van der Waals surface area contributed by atoms with Gasteiger partial charge in [-0.1, -0.05) is 0 Å². The first-order valence-corrected chi connectivity index (χ1v) is 6.19. The zero-order valence-corrected chi connectivity index (χ0v) is 11.9. The van der Waals surface area contributed by atoms with Crippen LogP contribution in [-0.2, 0) is 14.3 Å². The molecule has 0 aliphatic heterocycles. The molecule has 0 fully saturated rings. The summed E-state index contributed by atoms with van der Waals surface area (Å²) in [6.45, 7) is 7.85. The Morgan fingerprint density at radius 3 is 2.50 bits per heavy atom. The lowest BCUT2D eigenvalue weighted by molar-refractivity contribution is -0.131. The predicted molar refractivity (Wildman–Crippen MR) is 69.0 cm³/mol. The number of carbonyl (C=O) groups is 1. The smallest absolute Gasteiger partial charge is 0.224 e. The van der Waals surface area contributed by atoms with E-state index in [1.807, 2.05) is 26.8 Å². The first-order chi connectivity index (χ1) is 8.37. The van der Waals surface area contributed by atoms with Crippen LogP contribution in [-0.4, -0.2) is 49.8 Å². The quantitative estimate of drug-likeness (QED) is 0.619. The fraction of sp³-hybridized carbons (Fsp3) is 0.846. The zero-order chi connectivity index (χ0) is 14.0. The second-order valence-electron chi connectivity index (χ2n) is 5.05. The maximum absolute atomic E-state index is 11.5. The summed E-state index contributed by atoms with van der Waals surface area (Å²) in [7, 11) is 1.70. The minimum absolute atomic E-state index is 0.00184. The van der Waals surface area contributed by atoms with E-state index in [0.717, 1.165) is 0 Å². The molecular formula is C13H24N2O3. The second kappa shape index (κ2) is 8.90. The van der Waals surface area contributed by atoms with Gasteiger partial charge in [0.25, 0.3) is 0 Å². The van der Waals surface area contributed by atoms with E-state index in [0.29, 0.717) is 39.2 Å². The lowest BCUT2D eigenvalue weighted by Gasteiger charge is -2.19. The molecule has 0 aliphatic rings. The molecule has 0 aliphatic carbocycles. The van der Waals surface area contributed by atoms with Gasteiger partial charge in [-0.05, 0) is 20.8 Å². The van der Waals surface area contributed by atoms with Gasteiger partial charge in [-0.25, -0.2) is 0 Å². The molecule has 5 heteroatoms. The third-order valence-corrected chi connectivity index (χ3v) is 2.21. The lowest BCUT2D eigenvalue weighted by Crippen LogP contribution is -2.28. The van der Waals surface area contributed by atoms with Crippen LogP contribution >= 0.6 is 0 Å². The van der Waals surface area contributed by atoms with E-state index in [1.54, 1.807) is 11.9 Å². The molecule has 0 saturated heterocycles. The van der Waals surface area contributed by atoms with Crippen molar-refractivity contribution >= 4 is 5.91 Å². The van der Waals surface area contributed by atoms with Crippen LogP contribution in [0.4, 0.5) is 0 Å². The molecule has 0 saturated carbocycles. The van der Waals surface area contributed by atoms with Gasteiger partial charge in [0, 0.05) is 13.6 Å². The molecule has 0 rings (SSSR count). The summed E-state index contributed by atoms with van der Waals surface area (Å²) in [6.07, 6.45) is 0.708. The summed E-state index contributed by atoms with van der Waals surface area (Å²) in [5.41, 5.74) is -0.156. The van der Waals surface area contributed by atoms with Crippen LogP contribution in [0.1, 0.15) is 33.6 Å². The summed E-state index contributed by atoms with van der Waals surface area (Å²) in [5.74, 6) is 0.00184. The average molecular weight is 256 g/mol. The van der Waals surface area contributed by atoms with E-state index >= 15 is 0 Å². The molecule has 0 N–H and O–H groups in total. The molecule has 5 nitrogen and oxygen atoms in total. The Morgan fingerprint density at radius 1 is 1.28 bits per heavy atom. The molecular weight excluding hydrogens is 232 g/mol. The van der Waals surface area contributed by atoms with Gasteiger partial charge in [0.05, 0.1) is 44.3 Å². The number of rotatable bonds is 8. The minimum Gasteiger partial charge on any atom is -0.379 e. The standard InChI is InChI=1S/C13H24N2O3/c1-13(2,3)18-11-10-17-9-6-12(16)15(4)8-5-7-14/h5-6,8-11H2,1-4H3. The van der Waals surface area contributed by atoms with Crippen LogP contribution in [0.5, 0.6) is 0 Å². The van der Waals surface area contributed by atoms with Crippen molar-refractivity contribution in [2.24, 2.45) is 0 Å². The maximum atomic E-state index is 11.5. The maximum Gasteiger partial charge on any atom is 0.224 e. The van der Waals surface area contributed by atoms with E-state index in [-0.39, 0.29) is 11.5 Å². The third kappa shape index (κ3) is 10.1. The third-order valence-electron chi connectivity index (χ3n) is 2.21. The van der Waals surface area contributed by atoms with Crippen molar-refractivity contribution in [3.05, 3.63) is 0 Å². The van der Waals surface area contributed by atoms with Crippen molar-refractivity contribution in [1.82, 2.24) is 4.90 Å². The monoisotopic (exact) mass is 256 g/mol. The van der Waals surface area contributed by atoms with Crippen LogP contribution < -0.4 is 0 Å². The molecule has 0 atom stereocenters. The molecule has 0 aromatic heterocycles. The molecule has 0 unspecified atom stereocenters. The molecule has 0 heterocycles. The van der Waals surface area contributed by atoms with Crippen molar-refractivity contribution in [3.63, 3.8) is 0 Å². The van der Waals surface area contributed by atoms with Crippen molar-refractivity contribution in [1.29, 1.82) is 5.26 Å². The highest BCUT2D eigenvalue weighted by Gasteiger charge is 2.10. The zero-order valence-electron chi connectivity index (χ0n) is 11.9. The van der Waals surface area contributed by atoms with Gasteiger partial charge in [-0.2, -0.15) is 5.26 Å². The fourth-order valence-corrected chi connectivity index (χ4v) is 1.20. The van der Waals surface area contributed by atoms with Gasteiger partial charge in [-0.3, -0.25) is 4.79 Å². The Kier molecular flexibility index (Phi) is 8.34. The van der Waals surface area contributed by atoms with E-state index < -0.39 is 0 Å². The number of nitriles is 1. The summed E-state index contributed by atoms with van der Waals surface area (Å²) >= 11 is 0. The van der Waals surface area contributed by atoms with Crippen molar-refractivity contribution in [2.75, 3.05) is 33.4 Å². The van der Waals surface area contributed by atoms with E-state index in [9.17, 15) is 4.79 Å². The Labute approximate surface area is 110 Å². The largest absolute Gasteiger partial charge is 0.379 e. The Morgan fingerprint density at radius 2 is 1.94 bits per heavy atom. The van der Waals surface area contributed by atoms with Crippen molar-refractivity contribution < 1.29 is 14.3 Å². The molecule has 0 spiro atoms. The van der Waals surface area contributed by atoms with Crippen molar-refractivity contribution in [3.8, 4) is 6.07 Å². The number of nitrogens with zero attached hydrogens (tertiary/aromatic N) is 2. The number of hydrogen-bond acceptors (Lipinski definition) is 4. The van der Waals surface area contributed by atoms with Gasteiger partial charge in [0.2, 0.25) is 5.91 Å². The number of amides is 1. The fourth-order valence-electron chi connectivity index (χ4n) is 1.20. The molecule has 0 bridgehead atoms. The average Bonchev–Trinajstić information content (AvgIpc) is 2.28. The highest BCUT2D eigenvalue weighted by atomic mass is 16.5. The van der Waals surface area contributed by atoms with Crippen LogP contribution in [0.25, 0.3) is 0 Å². The van der Waals surface area contributed by atoms with Gasteiger partial charge >= 0.3 is 0 Å². The highest BCUT2D eigenvalue weighted by Crippen LogP contribution is 2.05. The van der Waals surface area contributed by atoms with Crippen LogP contribution in [0.2, 0.25) is 0 Å². The van der Waals surface area contributed by atoms with Crippen molar-refractivity contribution in [2.45, 2.75) is 39.2 Å². The summed E-state index contributed by atoms with van der Waals surface area (Å²) in [5, 5.41) is 8.41. The Balaban J connectivity index is 3.49. The lowest BCUT2D eigenvalue weighted by atomic mass is 10.2. The predicted octanol–water partition coefficient (Wildman–Crippen LogP) is 1.58. The first kappa shape index (κ1) is 16.9. The highest BCUT2D eigenvalue weighted by molar-refractivity contribution is 5.75. The molecule has 104 valence electrons. The SMILES string of the molecule is CN(CCC#N)C(=O)CCOCCOC(C)(C)C.